The van der Waals surface area contributed by atoms with E-state index in [2.05, 4.69) is 52.3 Å². The largest absolute Gasteiger partial charge is 0.322 e. The summed E-state index contributed by atoms with van der Waals surface area (Å²) in [5, 5.41) is 25.0. The van der Waals surface area contributed by atoms with Gasteiger partial charge in [0, 0.05) is 10.2 Å². The van der Waals surface area contributed by atoms with E-state index in [0.29, 0.717) is 16.9 Å². The molecule has 0 saturated heterocycles. The first-order valence-corrected chi connectivity index (χ1v) is 8.18. The summed E-state index contributed by atoms with van der Waals surface area (Å²) in [5.41, 5.74) is 2.31. The van der Waals surface area contributed by atoms with Crippen LogP contribution in [0.1, 0.15) is 10.4 Å². The number of nitrogens with zero attached hydrogens (tertiary/aromatic N) is 8. The fourth-order valence-electron chi connectivity index (χ4n) is 2.37. The van der Waals surface area contributed by atoms with Crippen LogP contribution in [0, 0.1) is 0 Å². The van der Waals surface area contributed by atoms with E-state index in [0.717, 1.165) is 10.2 Å². The van der Waals surface area contributed by atoms with Gasteiger partial charge in [-0.1, -0.05) is 22.0 Å². The van der Waals surface area contributed by atoms with Crippen LogP contribution in [0.25, 0.3) is 11.4 Å². The molecule has 2 aromatic heterocycles. The highest BCUT2D eigenvalue weighted by Gasteiger charge is 2.15. The minimum Gasteiger partial charge on any atom is -0.322 e. The second-order valence-electron chi connectivity index (χ2n) is 5.17. The summed E-state index contributed by atoms with van der Waals surface area (Å²) in [6, 6.07) is 12.5. The number of carbonyl (C=O) groups excluding carboxylic acids is 1. The van der Waals surface area contributed by atoms with Gasteiger partial charge in [0.15, 0.2) is 0 Å². The van der Waals surface area contributed by atoms with Crippen molar-refractivity contribution in [3.8, 4) is 11.4 Å². The molecular weight excluding hydrogens is 402 g/mol. The lowest BCUT2D eigenvalue weighted by molar-refractivity contribution is 0.102. The molecule has 2 aromatic carbocycles. The van der Waals surface area contributed by atoms with Gasteiger partial charge in [0.1, 0.15) is 12.7 Å². The second-order valence-corrected chi connectivity index (χ2v) is 6.09. The summed E-state index contributed by atoms with van der Waals surface area (Å²) < 4.78 is 3.70. The lowest BCUT2D eigenvalue weighted by Crippen LogP contribution is -2.15. The molecule has 0 fully saturated rings. The zero-order chi connectivity index (χ0) is 17.9. The molecule has 11 heteroatoms. The molecule has 26 heavy (non-hydrogen) atoms. The molecule has 128 valence electrons. The molecule has 0 aliphatic carbocycles. The predicted octanol–water partition coefficient (Wildman–Crippen LogP) is 1.65. The lowest BCUT2D eigenvalue weighted by atomic mass is 10.1. The van der Waals surface area contributed by atoms with Crippen LogP contribution in [0.2, 0.25) is 0 Å². The van der Waals surface area contributed by atoms with E-state index in [4.69, 9.17) is 0 Å². The van der Waals surface area contributed by atoms with E-state index in [-0.39, 0.29) is 5.91 Å². The average molecular weight is 412 g/mol. The molecule has 0 atom stereocenters. The Hall–Kier alpha value is -3.47. The van der Waals surface area contributed by atoms with Crippen LogP contribution in [0.15, 0.2) is 59.6 Å². The molecule has 0 saturated carbocycles. The normalized spacial score (nSPS) is 10.7. The molecular formula is C15H10BrN9O. The standard InChI is InChI=1S/C15H10BrN9O/c16-10-4-5-14(25-9-18-21-23-25)13(6-10)15(26)19-11-2-1-3-12(7-11)24-8-17-20-22-24/h1-9H,(H,19,26). The van der Waals surface area contributed by atoms with E-state index in [1.165, 1.54) is 22.0 Å². The number of benzene rings is 2. The van der Waals surface area contributed by atoms with Crippen molar-refractivity contribution in [3.05, 3.63) is 65.2 Å². The van der Waals surface area contributed by atoms with E-state index in [1.54, 1.807) is 30.3 Å². The predicted molar refractivity (Wildman–Crippen MR) is 94.0 cm³/mol. The van der Waals surface area contributed by atoms with Crippen molar-refractivity contribution >= 4 is 27.5 Å². The first-order chi connectivity index (χ1) is 12.7. The fourth-order valence-corrected chi connectivity index (χ4v) is 2.73. The van der Waals surface area contributed by atoms with Crippen molar-refractivity contribution in [1.29, 1.82) is 0 Å². The highest BCUT2D eigenvalue weighted by Crippen LogP contribution is 2.21. The highest BCUT2D eigenvalue weighted by molar-refractivity contribution is 9.10. The van der Waals surface area contributed by atoms with Crippen LogP contribution >= 0.6 is 15.9 Å². The van der Waals surface area contributed by atoms with E-state index >= 15 is 0 Å². The van der Waals surface area contributed by atoms with Crippen LogP contribution in [0.3, 0.4) is 0 Å². The zero-order valence-corrected chi connectivity index (χ0v) is 14.6. The van der Waals surface area contributed by atoms with Gasteiger partial charge >= 0.3 is 0 Å². The van der Waals surface area contributed by atoms with Crippen molar-refractivity contribution in [2.24, 2.45) is 0 Å². The third-order valence-electron chi connectivity index (χ3n) is 3.52. The van der Waals surface area contributed by atoms with Crippen LogP contribution in [0.5, 0.6) is 0 Å². The van der Waals surface area contributed by atoms with Gasteiger partial charge in [-0.3, -0.25) is 4.79 Å². The Kier molecular flexibility index (Phi) is 4.19. The maximum Gasteiger partial charge on any atom is 0.257 e. The Labute approximate surface area is 155 Å². The minimum absolute atomic E-state index is 0.300. The van der Waals surface area contributed by atoms with Gasteiger partial charge in [-0.2, -0.15) is 4.68 Å². The van der Waals surface area contributed by atoms with Crippen molar-refractivity contribution in [2.45, 2.75) is 0 Å². The minimum atomic E-state index is -0.300. The molecule has 1 amide bonds. The van der Waals surface area contributed by atoms with E-state index in [1.807, 2.05) is 12.1 Å². The number of carbonyl (C=O) groups is 1. The maximum atomic E-state index is 12.8. The van der Waals surface area contributed by atoms with Crippen LogP contribution in [-0.4, -0.2) is 46.3 Å². The van der Waals surface area contributed by atoms with Crippen molar-refractivity contribution in [3.63, 3.8) is 0 Å². The van der Waals surface area contributed by atoms with Gasteiger partial charge in [-0.25, -0.2) is 4.68 Å². The highest BCUT2D eigenvalue weighted by atomic mass is 79.9. The van der Waals surface area contributed by atoms with Crippen molar-refractivity contribution in [1.82, 2.24) is 40.4 Å². The second kappa shape index (κ2) is 6.80. The summed E-state index contributed by atoms with van der Waals surface area (Å²) in [4.78, 5) is 12.8. The molecule has 4 aromatic rings. The first-order valence-electron chi connectivity index (χ1n) is 7.38. The summed E-state index contributed by atoms with van der Waals surface area (Å²) in [6.07, 6.45) is 2.91. The topological polar surface area (TPSA) is 116 Å². The Balaban J connectivity index is 1.65. The number of hydrogen-bond donors (Lipinski definition) is 1. The van der Waals surface area contributed by atoms with Gasteiger partial charge in [0.2, 0.25) is 0 Å². The molecule has 0 aliphatic heterocycles. The molecule has 2 heterocycles. The third-order valence-corrected chi connectivity index (χ3v) is 4.01. The molecule has 4 rings (SSSR count). The summed E-state index contributed by atoms with van der Waals surface area (Å²) in [7, 11) is 0. The Morgan fingerprint density at radius 2 is 1.73 bits per heavy atom. The molecule has 0 spiro atoms. The van der Waals surface area contributed by atoms with Crippen molar-refractivity contribution in [2.75, 3.05) is 5.32 Å². The molecule has 0 aliphatic rings. The number of tetrazole rings is 2. The Morgan fingerprint density at radius 1 is 0.962 bits per heavy atom. The molecule has 1 N–H and O–H groups in total. The fraction of sp³-hybridized carbons (Fsp3) is 0. The first kappa shape index (κ1) is 16.0. The number of hydrogen-bond acceptors (Lipinski definition) is 7. The molecule has 10 nitrogen and oxygen atoms in total. The number of rotatable bonds is 4. The molecule has 0 unspecified atom stereocenters. The summed E-state index contributed by atoms with van der Waals surface area (Å²) in [5.74, 6) is -0.300. The summed E-state index contributed by atoms with van der Waals surface area (Å²) >= 11 is 3.38. The van der Waals surface area contributed by atoms with Crippen LogP contribution in [-0.2, 0) is 0 Å². The monoisotopic (exact) mass is 411 g/mol. The number of anilines is 1. The van der Waals surface area contributed by atoms with E-state index in [9.17, 15) is 4.79 Å². The van der Waals surface area contributed by atoms with Gasteiger partial charge in [0.25, 0.3) is 5.91 Å². The van der Waals surface area contributed by atoms with Crippen molar-refractivity contribution < 1.29 is 4.79 Å². The lowest BCUT2D eigenvalue weighted by Gasteiger charge is -2.11. The van der Waals surface area contributed by atoms with Gasteiger partial charge < -0.3 is 5.32 Å². The van der Waals surface area contributed by atoms with E-state index < -0.39 is 0 Å². The van der Waals surface area contributed by atoms with Gasteiger partial charge in [0.05, 0.1) is 16.9 Å². The average Bonchev–Trinajstić information content (AvgIpc) is 3.36. The SMILES string of the molecule is O=C(Nc1cccc(-n2cnnn2)c1)c1cc(Br)ccc1-n1cnnn1. The third kappa shape index (κ3) is 3.19. The Bertz CT molecular complexity index is 1050. The molecule has 0 bridgehead atoms. The number of halogens is 1. The van der Waals surface area contributed by atoms with Gasteiger partial charge in [-0.15, -0.1) is 10.2 Å². The number of aromatic nitrogens is 8. The van der Waals surface area contributed by atoms with Crippen LogP contribution in [0.4, 0.5) is 5.69 Å². The van der Waals surface area contributed by atoms with Gasteiger partial charge in [-0.05, 0) is 57.3 Å². The maximum absolute atomic E-state index is 12.8. The quantitative estimate of drug-likeness (QED) is 0.542. The molecule has 0 radical (unpaired) electrons. The van der Waals surface area contributed by atoms with Crippen LogP contribution < -0.4 is 5.32 Å². The number of amides is 1. The smallest absolute Gasteiger partial charge is 0.257 e. The summed E-state index contributed by atoms with van der Waals surface area (Å²) in [6.45, 7) is 0. The number of nitrogens with one attached hydrogen (secondary N) is 1. The zero-order valence-electron chi connectivity index (χ0n) is 13.1. The Morgan fingerprint density at radius 3 is 2.46 bits per heavy atom.